The predicted octanol–water partition coefficient (Wildman–Crippen LogP) is 5.62. The largest absolute Gasteiger partial charge is 0.348 e. The minimum absolute atomic E-state index is 0.164. The lowest BCUT2D eigenvalue weighted by Crippen LogP contribution is -2.41. The zero-order valence-corrected chi connectivity index (χ0v) is 16.9. The van der Waals surface area contributed by atoms with Crippen LogP contribution in [0.3, 0.4) is 0 Å². The maximum Gasteiger partial charge on any atom is 0.178 e. The van der Waals surface area contributed by atoms with E-state index in [0.717, 1.165) is 13.2 Å². The average Bonchev–Trinajstić information content (AvgIpc) is 2.98. The summed E-state index contributed by atoms with van der Waals surface area (Å²) in [7, 11) is -1.12. The van der Waals surface area contributed by atoms with Gasteiger partial charge in [0.1, 0.15) is 0 Å². The van der Waals surface area contributed by atoms with Gasteiger partial charge in [-0.05, 0) is 31.7 Å². The molecule has 0 unspecified atom stereocenters. The number of hydrogen-bond donors (Lipinski definition) is 0. The highest BCUT2D eigenvalue weighted by Gasteiger charge is 2.70. The Morgan fingerprint density at radius 1 is 1.04 bits per heavy atom. The van der Waals surface area contributed by atoms with Crippen molar-refractivity contribution in [3.05, 3.63) is 11.6 Å². The minimum atomic E-state index is -1.12. The second kappa shape index (κ2) is 6.31. The molecule has 0 radical (unpaired) electrons. The lowest BCUT2D eigenvalue weighted by molar-refractivity contribution is -0.254. The Morgan fingerprint density at radius 2 is 1.70 bits per heavy atom. The summed E-state index contributed by atoms with van der Waals surface area (Å²) in [6.45, 7) is 13.6. The molecule has 1 saturated carbocycles. The first-order valence-electron chi connectivity index (χ1n) is 9.70. The van der Waals surface area contributed by atoms with E-state index in [-0.39, 0.29) is 11.2 Å². The van der Waals surface area contributed by atoms with E-state index in [0.29, 0.717) is 11.8 Å². The molecule has 2 nitrogen and oxygen atoms in total. The molecular weight excluding hydrogens is 300 g/mol. The van der Waals surface area contributed by atoms with Gasteiger partial charge in [0, 0.05) is 25.3 Å². The molecule has 1 heterocycles. The first-order valence-corrected chi connectivity index (χ1v) is 13.4. The van der Waals surface area contributed by atoms with Crippen LogP contribution in [0.25, 0.3) is 0 Å². The molecule has 1 aliphatic heterocycles. The summed E-state index contributed by atoms with van der Waals surface area (Å²) in [4.78, 5) is 0. The molecule has 0 N–H and O–H groups in total. The molecule has 0 bridgehead atoms. The Balaban J connectivity index is 1.78. The fourth-order valence-electron chi connectivity index (χ4n) is 4.44. The second-order valence-corrected chi connectivity index (χ2v) is 15.6. The molecule has 0 aromatic heterocycles. The maximum atomic E-state index is 6.45. The lowest BCUT2D eigenvalue weighted by Gasteiger charge is -2.36. The molecule has 3 rings (SSSR count). The van der Waals surface area contributed by atoms with Crippen LogP contribution in [0.2, 0.25) is 25.7 Å². The molecule has 1 saturated heterocycles. The first kappa shape index (κ1) is 17.7. The van der Waals surface area contributed by atoms with Crippen molar-refractivity contribution in [1.29, 1.82) is 0 Å². The Morgan fingerprint density at radius 3 is 2.35 bits per heavy atom. The Hall–Kier alpha value is -0.123. The van der Waals surface area contributed by atoms with E-state index in [4.69, 9.17) is 9.47 Å². The summed E-state index contributed by atoms with van der Waals surface area (Å²) >= 11 is 0. The van der Waals surface area contributed by atoms with E-state index >= 15 is 0 Å². The number of allylic oxidation sites excluding steroid dienone is 1. The van der Waals surface area contributed by atoms with E-state index in [1.165, 1.54) is 44.6 Å². The van der Waals surface area contributed by atoms with Crippen LogP contribution in [0.4, 0.5) is 0 Å². The molecule has 1 spiro atoms. The van der Waals surface area contributed by atoms with Gasteiger partial charge in [0.15, 0.2) is 5.79 Å². The fourth-order valence-corrected chi connectivity index (χ4v) is 6.28. The van der Waals surface area contributed by atoms with E-state index in [2.05, 4.69) is 39.6 Å². The Bertz CT molecular complexity index is 451. The average molecular weight is 337 g/mol. The van der Waals surface area contributed by atoms with E-state index in [1.807, 2.05) is 0 Å². The Labute approximate surface area is 144 Å². The summed E-state index contributed by atoms with van der Waals surface area (Å²) in [6.07, 6.45) is 10.6. The van der Waals surface area contributed by atoms with Gasteiger partial charge < -0.3 is 9.47 Å². The molecule has 0 amide bonds. The van der Waals surface area contributed by atoms with Gasteiger partial charge in [0.2, 0.25) is 0 Å². The van der Waals surface area contributed by atoms with Gasteiger partial charge in [0.25, 0.3) is 0 Å². The maximum absolute atomic E-state index is 6.45. The summed E-state index contributed by atoms with van der Waals surface area (Å²) in [6, 6.07) is 1.33. The molecule has 2 fully saturated rings. The van der Waals surface area contributed by atoms with E-state index in [9.17, 15) is 0 Å². The van der Waals surface area contributed by atoms with Gasteiger partial charge in [0.05, 0.1) is 13.2 Å². The van der Waals surface area contributed by atoms with Crippen molar-refractivity contribution in [1.82, 2.24) is 0 Å². The molecule has 0 aromatic carbocycles. The lowest BCUT2D eigenvalue weighted by atomic mass is 9.94. The quantitative estimate of drug-likeness (QED) is 0.492. The van der Waals surface area contributed by atoms with Crippen molar-refractivity contribution in [2.24, 2.45) is 17.3 Å². The third-order valence-electron chi connectivity index (χ3n) is 5.68. The Kier molecular flexibility index (Phi) is 4.85. The second-order valence-electron chi connectivity index (χ2n) is 10.0. The van der Waals surface area contributed by atoms with Gasteiger partial charge in [-0.3, -0.25) is 0 Å². The molecule has 3 aliphatic rings. The molecule has 2 aliphatic carbocycles. The van der Waals surface area contributed by atoms with Crippen LogP contribution in [0.5, 0.6) is 0 Å². The highest BCUT2D eigenvalue weighted by molar-refractivity contribution is 6.76. The van der Waals surface area contributed by atoms with E-state index < -0.39 is 8.07 Å². The molecule has 2 atom stereocenters. The third kappa shape index (κ3) is 3.93. The smallest absolute Gasteiger partial charge is 0.178 e. The van der Waals surface area contributed by atoms with Crippen molar-refractivity contribution in [2.45, 2.75) is 83.8 Å². The highest BCUT2D eigenvalue weighted by atomic mass is 28.3. The molecule has 0 aromatic rings. The van der Waals surface area contributed by atoms with Crippen LogP contribution in [0, 0.1) is 17.3 Å². The highest BCUT2D eigenvalue weighted by Crippen LogP contribution is 2.64. The van der Waals surface area contributed by atoms with Crippen molar-refractivity contribution < 1.29 is 9.47 Å². The third-order valence-corrected chi connectivity index (χ3v) is 7.34. The topological polar surface area (TPSA) is 18.5 Å². The minimum Gasteiger partial charge on any atom is -0.348 e. The van der Waals surface area contributed by atoms with Crippen LogP contribution in [0.1, 0.15) is 52.4 Å². The normalized spacial score (nSPS) is 36.0. The first-order chi connectivity index (χ1) is 10.7. The van der Waals surface area contributed by atoms with Gasteiger partial charge in [-0.1, -0.05) is 58.0 Å². The predicted molar refractivity (Wildman–Crippen MR) is 99.3 cm³/mol. The van der Waals surface area contributed by atoms with Gasteiger partial charge in [-0.15, -0.1) is 0 Å². The van der Waals surface area contributed by atoms with Gasteiger partial charge in [-0.2, -0.15) is 0 Å². The molecule has 3 heteroatoms. The van der Waals surface area contributed by atoms with E-state index in [1.54, 1.807) is 5.57 Å². The van der Waals surface area contributed by atoms with Crippen molar-refractivity contribution in [3.8, 4) is 0 Å². The molecular formula is C20H36O2Si. The van der Waals surface area contributed by atoms with Crippen LogP contribution in [-0.4, -0.2) is 27.1 Å². The van der Waals surface area contributed by atoms with Crippen LogP contribution < -0.4 is 0 Å². The van der Waals surface area contributed by atoms with Crippen molar-refractivity contribution in [3.63, 3.8) is 0 Å². The number of ether oxygens (including phenoxy) is 2. The van der Waals surface area contributed by atoms with Crippen LogP contribution in [-0.2, 0) is 9.47 Å². The van der Waals surface area contributed by atoms with Crippen molar-refractivity contribution >= 4 is 8.07 Å². The van der Waals surface area contributed by atoms with Gasteiger partial charge >= 0.3 is 0 Å². The molecule has 23 heavy (non-hydrogen) atoms. The van der Waals surface area contributed by atoms with Crippen molar-refractivity contribution in [2.75, 3.05) is 13.2 Å². The monoisotopic (exact) mass is 336 g/mol. The van der Waals surface area contributed by atoms with Crippen LogP contribution in [0.15, 0.2) is 11.6 Å². The number of hydrogen-bond acceptors (Lipinski definition) is 2. The summed E-state index contributed by atoms with van der Waals surface area (Å²) in [5, 5.41) is 0. The SMILES string of the molecule is CC1(C)COC2(OC1)[C@H](/C1=C/CCCCCC1)[C@@H]2C[Si](C)(C)C. The zero-order valence-electron chi connectivity index (χ0n) is 15.9. The van der Waals surface area contributed by atoms with Gasteiger partial charge in [-0.25, -0.2) is 0 Å². The summed E-state index contributed by atoms with van der Waals surface area (Å²) in [5.41, 5.74) is 1.82. The summed E-state index contributed by atoms with van der Waals surface area (Å²) in [5.74, 6) is 0.889. The zero-order chi connectivity index (χ0) is 16.7. The fraction of sp³-hybridized carbons (Fsp3) is 0.900. The molecule has 132 valence electrons. The van der Waals surface area contributed by atoms with Crippen LogP contribution >= 0.6 is 0 Å². The standard InChI is InChI=1S/C20H36O2Si/c1-19(2)14-21-20(22-15-19)17(13-23(3,4)5)18(20)16-11-9-7-6-8-10-12-16/h11,17-18H,6-10,12-15H2,1-5H3/b16-11+/t17-,18+/m0/s1. The summed E-state index contributed by atoms with van der Waals surface area (Å²) < 4.78 is 12.9. The number of rotatable bonds is 3.